The molecule has 0 fully saturated rings. The van der Waals surface area contributed by atoms with Gasteiger partial charge < -0.3 is 10.3 Å². The number of carbonyl (C=O) groups is 1. The molecular weight excluding hydrogens is 270 g/mol. The number of nitrogens with one attached hydrogen (secondary N) is 2. The zero-order valence-corrected chi connectivity index (χ0v) is 11.3. The number of H-pyrrole nitrogens is 1. The predicted molar refractivity (Wildman–Crippen MR) is 73.6 cm³/mol. The molecule has 3 aromatic rings. The van der Waals surface area contributed by atoms with E-state index in [4.69, 9.17) is 0 Å². The SMILES string of the molecule is CC(NC(=O)c1ccc(-n2cnnn2)cc1)c1ncc[nH]1. The Morgan fingerprint density at radius 2 is 2.14 bits per heavy atom. The topological polar surface area (TPSA) is 101 Å². The highest BCUT2D eigenvalue weighted by atomic mass is 16.1. The van der Waals surface area contributed by atoms with Gasteiger partial charge in [0.25, 0.3) is 5.91 Å². The van der Waals surface area contributed by atoms with E-state index < -0.39 is 0 Å². The first-order chi connectivity index (χ1) is 10.2. The maximum Gasteiger partial charge on any atom is 0.251 e. The van der Waals surface area contributed by atoms with Gasteiger partial charge in [0.1, 0.15) is 12.2 Å². The normalized spacial score (nSPS) is 12.0. The van der Waals surface area contributed by atoms with Crippen LogP contribution < -0.4 is 5.32 Å². The number of aromatic amines is 1. The molecule has 0 saturated carbocycles. The summed E-state index contributed by atoms with van der Waals surface area (Å²) in [5, 5.41) is 13.8. The molecule has 0 aliphatic carbocycles. The average Bonchev–Trinajstić information content (AvgIpc) is 3.20. The Morgan fingerprint density at radius 3 is 2.76 bits per heavy atom. The zero-order chi connectivity index (χ0) is 14.7. The highest BCUT2D eigenvalue weighted by Gasteiger charge is 2.13. The van der Waals surface area contributed by atoms with E-state index >= 15 is 0 Å². The molecule has 0 aliphatic heterocycles. The van der Waals surface area contributed by atoms with Crippen molar-refractivity contribution in [1.29, 1.82) is 0 Å². The summed E-state index contributed by atoms with van der Waals surface area (Å²) in [6, 6.07) is 6.82. The summed E-state index contributed by atoms with van der Waals surface area (Å²) in [6.45, 7) is 1.87. The van der Waals surface area contributed by atoms with Crippen molar-refractivity contribution < 1.29 is 4.79 Å². The number of carbonyl (C=O) groups excluding carboxylic acids is 1. The van der Waals surface area contributed by atoms with Gasteiger partial charge in [0.05, 0.1) is 11.7 Å². The van der Waals surface area contributed by atoms with Crippen molar-refractivity contribution >= 4 is 5.91 Å². The Hall–Kier alpha value is -3.03. The molecule has 0 spiro atoms. The summed E-state index contributed by atoms with van der Waals surface area (Å²) in [7, 11) is 0. The Balaban J connectivity index is 1.70. The Morgan fingerprint density at radius 1 is 1.33 bits per heavy atom. The third kappa shape index (κ3) is 2.78. The lowest BCUT2D eigenvalue weighted by Crippen LogP contribution is -2.27. The molecule has 8 nitrogen and oxygen atoms in total. The number of aromatic nitrogens is 6. The first-order valence-corrected chi connectivity index (χ1v) is 6.37. The van der Waals surface area contributed by atoms with Gasteiger partial charge >= 0.3 is 0 Å². The van der Waals surface area contributed by atoms with E-state index in [0.29, 0.717) is 11.4 Å². The molecule has 2 heterocycles. The first-order valence-electron chi connectivity index (χ1n) is 6.37. The van der Waals surface area contributed by atoms with Gasteiger partial charge in [0, 0.05) is 18.0 Å². The van der Waals surface area contributed by atoms with Gasteiger partial charge in [-0.1, -0.05) is 0 Å². The lowest BCUT2D eigenvalue weighted by molar-refractivity contribution is 0.0938. The molecule has 0 radical (unpaired) electrons. The lowest BCUT2D eigenvalue weighted by atomic mass is 10.2. The highest BCUT2D eigenvalue weighted by molar-refractivity contribution is 5.94. The van der Waals surface area contributed by atoms with E-state index in [2.05, 4.69) is 30.8 Å². The molecular formula is C13H13N7O. The summed E-state index contributed by atoms with van der Waals surface area (Å²) < 4.78 is 1.52. The lowest BCUT2D eigenvalue weighted by Gasteiger charge is -2.11. The minimum atomic E-state index is -0.188. The minimum Gasteiger partial charge on any atom is -0.347 e. The second-order valence-corrected chi connectivity index (χ2v) is 4.47. The van der Waals surface area contributed by atoms with Gasteiger partial charge in [0.2, 0.25) is 0 Å². The van der Waals surface area contributed by atoms with Crippen LogP contribution in [0.15, 0.2) is 43.0 Å². The Labute approximate surface area is 120 Å². The zero-order valence-electron chi connectivity index (χ0n) is 11.3. The fraction of sp³-hybridized carbons (Fsp3) is 0.154. The van der Waals surface area contributed by atoms with Crippen LogP contribution in [-0.2, 0) is 0 Å². The van der Waals surface area contributed by atoms with E-state index in [1.54, 1.807) is 36.7 Å². The molecule has 0 saturated heterocycles. The third-order valence-electron chi connectivity index (χ3n) is 3.02. The van der Waals surface area contributed by atoms with E-state index in [9.17, 15) is 4.79 Å². The predicted octanol–water partition coefficient (Wildman–Crippen LogP) is 0.876. The Bertz CT molecular complexity index is 704. The number of nitrogens with zero attached hydrogens (tertiary/aromatic N) is 5. The molecule has 2 aromatic heterocycles. The number of rotatable bonds is 4. The van der Waals surface area contributed by atoms with Gasteiger partial charge in [-0.2, -0.15) is 0 Å². The van der Waals surface area contributed by atoms with Gasteiger partial charge in [-0.3, -0.25) is 4.79 Å². The van der Waals surface area contributed by atoms with Crippen molar-refractivity contribution in [2.24, 2.45) is 0 Å². The molecule has 1 aromatic carbocycles. The minimum absolute atomic E-state index is 0.165. The highest BCUT2D eigenvalue weighted by Crippen LogP contribution is 2.10. The van der Waals surface area contributed by atoms with Crippen molar-refractivity contribution in [3.05, 3.63) is 54.4 Å². The second-order valence-electron chi connectivity index (χ2n) is 4.47. The molecule has 8 heteroatoms. The van der Waals surface area contributed by atoms with Crippen LogP contribution in [0.5, 0.6) is 0 Å². The smallest absolute Gasteiger partial charge is 0.251 e. The molecule has 1 amide bonds. The largest absolute Gasteiger partial charge is 0.347 e. The summed E-state index contributed by atoms with van der Waals surface area (Å²) >= 11 is 0. The standard InChI is InChI=1S/C13H13N7O/c1-9(12-14-6-7-15-12)17-13(21)10-2-4-11(5-3-10)20-8-16-18-19-20/h2-9H,1H3,(H,14,15)(H,17,21). The second kappa shape index (κ2) is 5.53. The van der Waals surface area contributed by atoms with E-state index in [1.807, 2.05) is 6.92 Å². The third-order valence-corrected chi connectivity index (χ3v) is 3.02. The van der Waals surface area contributed by atoms with Gasteiger partial charge in [-0.05, 0) is 41.6 Å². The molecule has 1 atom stereocenters. The van der Waals surface area contributed by atoms with Crippen LogP contribution in [0.4, 0.5) is 0 Å². The van der Waals surface area contributed by atoms with E-state index in [-0.39, 0.29) is 11.9 Å². The van der Waals surface area contributed by atoms with Gasteiger partial charge in [-0.25, -0.2) is 9.67 Å². The average molecular weight is 283 g/mol. The molecule has 0 aliphatic rings. The van der Waals surface area contributed by atoms with E-state index in [1.165, 1.54) is 11.0 Å². The van der Waals surface area contributed by atoms with Crippen LogP contribution in [0, 0.1) is 0 Å². The fourth-order valence-corrected chi connectivity index (χ4v) is 1.91. The van der Waals surface area contributed by atoms with Gasteiger partial charge in [-0.15, -0.1) is 5.10 Å². The number of amides is 1. The number of hydrogen-bond donors (Lipinski definition) is 2. The summed E-state index contributed by atoms with van der Waals surface area (Å²) in [5.41, 5.74) is 1.35. The van der Waals surface area contributed by atoms with E-state index in [0.717, 1.165) is 5.69 Å². The summed E-state index contributed by atoms with van der Waals surface area (Å²) in [6.07, 6.45) is 4.87. The quantitative estimate of drug-likeness (QED) is 0.740. The maximum atomic E-state index is 12.1. The van der Waals surface area contributed by atoms with Crippen LogP contribution in [0.25, 0.3) is 5.69 Å². The van der Waals surface area contributed by atoms with Crippen LogP contribution in [0.2, 0.25) is 0 Å². The number of imidazole rings is 1. The number of hydrogen-bond acceptors (Lipinski definition) is 5. The molecule has 2 N–H and O–H groups in total. The fourth-order valence-electron chi connectivity index (χ4n) is 1.91. The molecule has 1 unspecified atom stereocenters. The molecule has 106 valence electrons. The molecule has 21 heavy (non-hydrogen) atoms. The van der Waals surface area contributed by atoms with Crippen LogP contribution in [-0.4, -0.2) is 36.1 Å². The summed E-state index contributed by atoms with van der Waals surface area (Å²) in [4.78, 5) is 19.2. The number of benzene rings is 1. The van der Waals surface area contributed by atoms with Crippen molar-refractivity contribution in [1.82, 2.24) is 35.5 Å². The van der Waals surface area contributed by atoms with Gasteiger partial charge in [0.15, 0.2) is 0 Å². The number of tetrazole rings is 1. The van der Waals surface area contributed by atoms with Crippen LogP contribution >= 0.6 is 0 Å². The Kier molecular flexibility index (Phi) is 3.42. The van der Waals surface area contributed by atoms with Crippen molar-refractivity contribution in [3.8, 4) is 5.69 Å². The summed E-state index contributed by atoms with van der Waals surface area (Å²) in [5.74, 6) is 0.552. The van der Waals surface area contributed by atoms with Crippen LogP contribution in [0.1, 0.15) is 29.1 Å². The maximum absolute atomic E-state index is 12.1. The molecule has 0 bridgehead atoms. The monoisotopic (exact) mass is 283 g/mol. The van der Waals surface area contributed by atoms with Crippen molar-refractivity contribution in [2.45, 2.75) is 13.0 Å². The van der Waals surface area contributed by atoms with Crippen molar-refractivity contribution in [3.63, 3.8) is 0 Å². The van der Waals surface area contributed by atoms with Crippen molar-refractivity contribution in [2.75, 3.05) is 0 Å². The first kappa shape index (κ1) is 13.0. The molecule has 3 rings (SSSR count). The van der Waals surface area contributed by atoms with Crippen LogP contribution in [0.3, 0.4) is 0 Å².